The number of halogens is 1. The number of piperazine rings is 1. The Bertz CT molecular complexity index is 2010. The number of pyridine rings is 1. The third-order valence-electron chi connectivity index (χ3n) is 11.7. The Labute approximate surface area is 328 Å². The van der Waals surface area contributed by atoms with Gasteiger partial charge in [0.05, 0.1) is 23.6 Å². The molecule has 3 saturated heterocycles. The predicted molar refractivity (Wildman–Crippen MR) is 219 cm³/mol. The molecule has 4 aliphatic heterocycles. The van der Waals surface area contributed by atoms with Gasteiger partial charge in [-0.05, 0) is 104 Å². The molecule has 4 amide bonds. The first kappa shape index (κ1) is 37.0. The lowest BCUT2D eigenvalue weighted by Crippen LogP contribution is -2.53. The topological polar surface area (TPSA) is 104 Å². The largest absolute Gasteiger partial charge is 0.378 e. The summed E-state index contributed by atoms with van der Waals surface area (Å²) in [6.45, 7) is 11.1. The number of aromatic nitrogens is 1. The Morgan fingerprint density at radius 2 is 1.56 bits per heavy atom. The molecule has 3 aromatic carbocycles. The van der Waals surface area contributed by atoms with Gasteiger partial charge >= 0.3 is 6.03 Å². The van der Waals surface area contributed by atoms with Gasteiger partial charge in [-0.3, -0.25) is 34.6 Å². The van der Waals surface area contributed by atoms with Crippen LogP contribution in [-0.2, 0) is 16.1 Å². The van der Waals surface area contributed by atoms with Crippen molar-refractivity contribution >= 4 is 52.2 Å². The molecule has 0 saturated carbocycles. The first-order chi connectivity index (χ1) is 26.7. The summed E-state index contributed by atoms with van der Waals surface area (Å²) in [6, 6.07) is 27.5. The highest BCUT2D eigenvalue weighted by Crippen LogP contribution is 2.41. The van der Waals surface area contributed by atoms with Crippen molar-refractivity contribution < 1.29 is 14.4 Å². The van der Waals surface area contributed by atoms with Gasteiger partial charge in [0.15, 0.2) is 0 Å². The van der Waals surface area contributed by atoms with Gasteiger partial charge in [0.1, 0.15) is 0 Å². The molecule has 4 aromatic rings. The molecule has 2 N–H and O–H groups in total. The fraction of sp³-hybridized carbons (Fsp3) is 0.395. The summed E-state index contributed by atoms with van der Waals surface area (Å²) in [6.07, 6.45) is 5.15. The number of urea groups is 1. The standard InChI is InChI=1S/C43H49ClN8O3/c1-29-25-40(46-34-8-6-33(44)7-9-34)39-26-32(5-14-41(39)52(29)30(2)53)31-3-11-36(12-4-31)49-18-15-37(16-19-49)50-23-21-48(22-24-50)28-35-10-13-38(27-45-35)51-20-17-42(54)47-43(51)55/h3-14,26-27,29,37,40,46H,15-25,28H2,1-2H3,(H,47,54,55). The van der Waals surface area contributed by atoms with Gasteiger partial charge in [0.2, 0.25) is 11.8 Å². The number of amides is 4. The third kappa shape index (κ3) is 8.20. The van der Waals surface area contributed by atoms with Crippen molar-refractivity contribution in [3.63, 3.8) is 0 Å². The maximum Gasteiger partial charge on any atom is 0.328 e. The number of imide groups is 1. The van der Waals surface area contributed by atoms with Gasteiger partial charge in [-0.1, -0.05) is 29.8 Å². The first-order valence-corrected chi connectivity index (χ1v) is 19.9. The molecule has 0 bridgehead atoms. The smallest absolute Gasteiger partial charge is 0.328 e. The second kappa shape index (κ2) is 16.0. The van der Waals surface area contributed by atoms with Crippen LogP contribution in [0.5, 0.6) is 0 Å². The van der Waals surface area contributed by atoms with Crippen LogP contribution in [0, 0.1) is 0 Å². The predicted octanol–water partition coefficient (Wildman–Crippen LogP) is 6.93. The van der Waals surface area contributed by atoms with Crippen molar-refractivity contribution in [3.05, 3.63) is 101 Å². The van der Waals surface area contributed by atoms with E-state index in [9.17, 15) is 14.4 Å². The minimum Gasteiger partial charge on any atom is -0.378 e. The molecule has 286 valence electrons. The Morgan fingerprint density at radius 1 is 0.855 bits per heavy atom. The minimum atomic E-state index is -0.384. The van der Waals surface area contributed by atoms with Gasteiger partial charge in [0, 0.05) is 99.9 Å². The average molecular weight is 761 g/mol. The van der Waals surface area contributed by atoms with Gasteiger partial charge < -0.3 is 15.1 Å². The Kier molecular flexibility index (Phi) is 10.8. The third-order valence-corrected chi connectivity index (χ3v) is 12.0. The number of nitrogens with zero attached hydrogens (tertiary/aromatic N) is 6. The van der Waals surface area contributed by atoms with Crippen LogP contribution in [0.2, 0.25) is 5.02 Å². The highest BCUT2D eigenvalue weighted by Gasteiger charge is 2.33. The van der Waals surface area contributed by atoms with Crippen LogP contribution in [-0.4, -0.2) is 90.5 Å². The van der Waals surface area contributed by atoms with E-state index in [1.165, 1.54) is 5.69 Å². The summed E-state index contributed by atoms with van der Waals surface area (Å²) in [5.74, 6) is -0.173. The number of hydrogen-bond donors (Lipinski definition) is 2. The number of fused-ring (bicyclic) bond motifs is 1. The Balaban J connectivity index is 0.846. The molecule has 2 unspecified atom stereocenters. The van der Waals surface area contributed by atoms with Gasteiger partial charge in [-0.2, -0.15) is 0 Å². The Hall–Kier alpha value is -4.97. The van der Waals surface area contributed by atoms with Crippen molar-refractivity contribution in [1.82, 2.24) is 20.1 Å². The van der Waals surface area contributed by atoms with Crippen LogP contribution in [0.3, 0.4) is 0 Å². The molecule has 55 heavy (non-hydrogen) atoms. The summed E-state index contributed by atoms with van der Waals surface area (Å²) in [5, 5.41) is 6.78. The number of piperidine rings is 1. The molecule has 3 fully saturated rings. The van der Waals surface area contributed by atoms with E-state index >= 15 is 0 Å². The van der Waals surface area contributed by atoms with Gasteiger partial charge in [0.25, 0.3) is 0 Å². The monoisotopic (exact) mass is 760 g/mol. The van der Waals surface area contributed by atoms with E-state index in [1.807, 2.05) is 41.3 Å². The number of nitrogens with one attached hydrogen (secondary N) is 2. The number of rotatable bonds is 8. The van der Waals surface area contributed by atoms with Crippen molar-refractivity contribution in [2.45, 2.75) is 64.2 Å². The molecule has 11 nitrogen and oxygen atoms in total. The van der Waals surface area contributed by atoms with Crippen LogP contribution in [0.15, 0.2) is 85.1 Å². The molecule has 0 radical (unpaired) electrons. The van der Waals surface area contributed by atoms with Gasteiger partial charge in [-0.15, -0.1) is 0 Å². The quantitative estimate of drug-likeness (QED) is 0.199. The fourth-order valence-corrected chi connectivity index (χ4v) is 8.88. The summed E-state index contributed by atoms with van der Waals surface area (Å²) < 4.78 is 0. The SMILES string of the molecule is CC(=O)N1c2ccc(-c3ccc(N4CCC(N5CCN(Cc6ccc(N7CCC(=O)NC7=O)cn6)CC5)CC4)cc3)cc2C(Nc2ccc(Cl)cc2)CC1C. The van der Waals surface area contributed by atoms with Crippen molar-refractivity contribution in [3.8, 4) is 11.1 Å². The molecule has 2 atom stereocenters. The van der Waals surface area contributed by atoms with E-state index < -0.39 is 0 Å². The number of carbonyl (C=O) groups is 3. The lowest BCUT2D eigenvalue weighted by molar-refractivity contribution is -0.120. The molecule has 0 spiro atoms. The summed E-state index contributed by atoms with van der Waals surface area (Å²) in [5.41, 5.74) is 8.37. The second-order valence-electron chi connectivity index (χ2n) is 15.3. The van der Waals surface area contributed by atoms with Crippen molar-refractivity contribution in [1.29, 1.82) is 0 Å². The van der Waals surface area contributed by atoms with Crippen molar-refractivity contribution in [2.75, 3.05) is 65.8 Å². The van der Waals surface area contributed by atoms with E-state index in [1.54, 1.807) is 18.0 Å². The minimum absolute atomic E-state index is 0.0610. The highest BCUT2D eigenvalue weighted by molar-refractivity contribution is 6.30. The number of anilines is 4. The molecule has 12 heteroatoms. The highest BCUT2D eigenvalue weighted by atomic mass is 35.5. The second-order valence-corrected chi connectivity index (χ2v) is 15.7. The molecule has 5 heterocycles. The number of benzene rings is 3. The molecule has 4 aliphatic rings. The molecule has 0 aliphatic carbocycles. The molecular formula is C43H49ClN8O3. The zero-order chi connectivity index (χ0) is 38.1. The van der Waals surface area contributed by atoms with Crippen LogP contribution < -0.4 is 25.3 Å². The van der Waals surface area contributed by atoms with E-state index in [4.69, 9.17) is 11.6 Å². The molecule has 8 rings (SSSR count). The zero-order valence-electron chi connectivity index (χ0n) is 31.6. The maximum absolute atomic E-state index is 12.7. The Morgan fingerprint density at radius 3 is 2.24 bits per heavy atom. The lowest BCUT2D eigenvalue weighted by Gasteiger charge is -2.43. The van der Waals surface area contributed by atoms with E-state index in [-0.39, 0.29) is 29.9 Å². The number of hydrogen-bond acceptors (Lipinski definition) is 8. The van der Waals surface area contributed by atoms with Crippen molar-refractivity contribution in [2.24, 2.45) is 0 Å². The van der Waals surface area contributed by atoms with E-state index in [0.717, 1.165) is 98.8 Å². The zero-order valence-corrected chi connectivity index (χ0v) is 32.3. The van der Waals surface area contributed by atoms with E-state index in [2.05, 4.69) is 79.7 Å². The summed E-state index contributed by atoms with van der Waals surface area (Å²) in [7, 11) is 0. The number of carbonyl (C=O) groups excluding carboxylic acids is 3. The van der Waals surface area contributed by atoms with Crippen LogP contribution in [0.1, 0.15) is 56.8 Å². The lowest BCUT2D eigenvalue weighted by atomic mass is 9.89. The summed E-state index contributed by atoms with van der Waals surface area (Å²) >= 11 is 6.16. The first-order valence-electron chi connectivity index (χ1n) is 19.5. The van der Waals surface area contributed by atoms with Crippen LogP contribution in [0.25, 0.3) is 11.1 Å². The molecule has 1 aromatic heterocycles. The van der Waals surface area contributed by atoms with E-state index in [0.29, 0.717) is 29.7 Å². The van der Waals surface area contributed by atoms with Gasteiger partial charge in [-0.25, -0.2) is 4.79 Å². The normalized spacial score (nSPS) is 21.3. The van der Waals surface area contributed by atoms with Crippen LogP contribution in [0.4, 0.5) is 27.5 Å². The summed E-state index contributed by atoms with van der Waals surface area (Å²) in [4.78, 5) is 52.2. The maximum atomic E-state index is 12.7. The fourth-order valence-electron chi connectivity index (χ4n) is 8.76. The molecular weight excluding hydrogens is 712 g/mol. The average Bonchev–Trinajstić information content (AvgIpc) is 3.19. The van der Waals surface area contributed by atoms with Crippen LogP contribution >= 0.6 is 11.6 Å².